The normalized spacial score (nSPS) is 14.5. The van der Waals surface area contributed by atoms with Crippen molar-refractivity contribution in [3.8, 4) is 33.6 Å². The predicted molar refractivity (Wildman–Crippen MR) is 200 cm³/mol. The van der Waals surface area contributed by atoms with Gasteiger partial charge in [-0.25, -0.2) is 0 Å². The monoisotopic (exact) mass is 605 g/mol. The van der Waals surface area contributed by atoms with Crippen molar-refractivity contribution in [2.75, 3.05) is 0 Å². The minimum atomic E-state index is -0.542. The highest BCUT2D eigenvalue weighted by atomic mass is 16.3. The molecule has 1 heterocycles. The van der Waals surface area contributed by atoms with Crippen LogP contribution in [-0.4, -0.2) is 0 Å². The smallest absolute Gasteiger partial charge is 0.142 e. The van der Waals surface area contributed by atoms with Crippen LogP contribution < -0.4 is 0 Å². The van der Waals surface area contributed by atoms with E-state index in [1.165, 1.54) is 0 Å². The van der Waals surface area contributed by atoms with E-state index in [2.05, 4.69) is 30.3 Å². The topological polar surface area (TPSA) is 13.1 Å². The van der Waals surface area contributed by atoms with Crippen molar-refractivity contribution in [2.45, 2.75) is 0 Å². The van der Waals surface area contributed by atoms with Gasteiger partial charge in [0.15, 0.2) is 0 Å². The highest BCUT2D eigenvalue weighted by Gasteiger charge is 2.21. The number of hydrogen-bond donors (Lipinski definition) is 0. The number of rotatable bonds is 3. The molecule has 0 aliphatic rings. The molecule has 0 saturated carbocycles. The molecule has 0 saturated heterocycles. The molecule has 0 aliphatic carbocycles. The maximum Gasteiger partial charge on any atom is 0.142 e. The van der Waals surface area contributed by atoms with E-state index in [9.17, 15) is 2.74 Å². The van der Waals surface area contributed by atoms with Crippen LogP contribution in [0.4, 0.5) is 0 Å². The molecule has 0 aliphatic heterocycles. The lowest BCUT2D eigenvalue weighted by atomic mass is 9.83. The first-order chi connectivity index (χ1) is 27.1. The van der Waals surface area contributed by atoms with E-state index in [4.69, 9.17) is 14.0 Å². The first-order valence-corrected chi connectivity index (χ1v) is 15.5. The van der Waals surface area contributed by atoms with E-state index in [1.807, 2.05) is 84.9 Å². The zero-order valence-electron chi connectivity index (χ0n) is 33.9. The molecule has 0 unspecified atom stereocenters. The molecule has 47 heavy (non-hydrogen) atoms. The molecule has 9 aromatic carbocycles. The zero-order valence-corrected chi connectivity index (χ0v) is 24.9. The molecule has 0 amide bonds. The van der Waals surface area contributed by atoms with Gasteiger partial charge >= 0.3 is 0 Å². The van der Waals surface area contributed by atoms with Crippen molar-refractivity contribution in [3.05, 3.63) is 170 Å². The Kier molecular flexibility index (Phi) is 4.05. The van der Waals surface area contributed by atoms with Gasteiger partial charge in [0.2, 0.25) is 0 Å². The molecule has 1 aromatic heterocycles. The number of furan rings is 1. The molecule has 10 aromatic rings. The fourth-order valence-corrected chi connectivity index (χ4v) is 7.18. The molecule has 1 nitrogen and oxygen atoms in total. The zero-order chi connectivity index (χ0) is 38.7. The molecule has 0 atom stereocenters. The molecule has 10 rings (SSSR count). The standard InChI is InChI=1S/C46H28O/c1-3-17-32-29(13-1)15-11-25-36(32)43-28-31-16-12-26-41(46(31)47-43)44-37-21-7-9-23-39(37)45(40-24-10-8-22-38(40)44)42-27-30-14-2-4-18-33(30)34-19-5-6-20-35(34)42/h1-28H/i2D,4D,5D,6D,14D,18D,19D,20D,27D. The summed E-state index contributed by atoms with van der Waals surface area (Å²) in [5.41, 5.74) is 4.09. The van der Waals surface area contributed by atoms with E-state index < -0.39 is 48.3 Å². The summed E-state index contributed by atoms with van der Waals surface area (Å²) in [5, 5.41) is 5.86. The fourth-order valence-electron chi connectivity index (χ4n) is 7.18. The van der Waals surface area contributed by atoms with Crippen molar-refractivity contribution in [1.82, 2.24) is 0 Å². The van der Waals surface area contributed by atoms with Crippen LogP contribution in [0.3, 0.4) is 0 Å². The van der Waals surface area contributed by atoms with Gasteiger partial charge in [0, 0.05) is 22.1 Å². The lowest BCUT2D eigenvalue weighted by Gasteiger charge is -2.19. The average Bonchev–Trinajstić information content (AvgIpc) is 3.67. The van der Waals surface area contributed by atoms with E-state index in [0.717, 1.165) is 49.4 Å². The Labute approximate surface area is 284 Å². The minimum Gasteiger partial charge on any atom is -0.455 e. The van der Waals surface area contributed by atoms with Gasteiger partial charge in [-0.1, -0.05) is 158 Å². The fraction of sp³-hybridized carbons (Fsp3) is 0. The third-order valence-corrected chi connectivity index (χ3v) is 9.18. The lowest BCUT2D eigenvalue weighted by Crippen LogP contribution is -1.92. The van der Waals surface area contributed by atoms with Crippen LogP contribution in [0.15, 0.2) is 174 Å². The van der Waals surface area contributed by atoms with Gasteiger partial charge in [0.1, 0.15) is 11.3 Å². The Bertz CT molecular complexity index is 3300. The maximum absolute atomic E-state index is 9.76. The summed E-state index contributed by atoms with van der Waals surface area (Å²) in [5.74, 6) is 0.731. The number of benzene rings is 9. The van der Waals surface area contributed by atoms with Gasteiger partial charge < -0.3 is 4.42 Å². The van der Waals surface area contributed by atoms with Crippen LogP contribution in [0.5, 0.6) is 0 Å². The van der Waals surface area contributed by atoms with Gasteiger partial charge in [-0.15, -0.1) is 0 Å². The van der Waals surface area contributed by atoms with E-state index in [-0.39, 0.29) is 33.2 Å². The highest BCUT2D eigenvalue weighted by molar-refractivity contribution is 6.26. The summed E-state index contributed by atoms with van der Waals surface area (Å²) in [6.07, 6.45) is 0. The van der Waals surface area contributed by atoms with Crippen LogP contribution in [0.25, 0.3) is 98.4 Å². The molecule has 1 heteroatoms. The van der Waals surface area contributed by atoms with Gasteiger partial charge in [0.05, 0.1) is 12.3 Å². The third kappa shape index (κ3) is 3.90. The van der Waals surface area contributed by atoms with E-state index >= 15 is 0 Å². The second kappa shape index (κ2) is 10.2. The summed E-state index contributed by atoms with van der Waals surface area (Å²) in [4.78, 5) is 0. The van der Waals surface area contributed by atoms with Crippen molar-refractivity contribution in [2.24, 2.45) is 0 Å². The molecule has 218 valence electrons. The first-order valence-electron chi connectivity index (χ1n) is 20.0. The van der Waals surface area contributed by atoms with Crippen LogP contribution in [0.1, 0.15) is 12.3 Å². The summed E-state index contributed by atoms with van der Waals surface area (Å²) < 4.78 is 87.0. The van der Waals surface area contributed by atoms with Crippen LogP contribution >= 0.6 is 0 Å². The Morgan fingerprint density at radius 3 is 1.64 bits per heavy atom. The SMILES string of the molecule is [2H]c1c([2H])c([2H])c2c(c1[2H])c([2H])c(-c1c3ccccc3c(-c3cccc4cc(-c5cccc6ccccc56)oc34)c3ccccc13)c1c([2H])c([2H])c([2H])c([2H])c12. The summed E-state index contributed by atoms with van der Waals surface area (Å²) in [7, 11) is 0. The summed E-state index contributed by atoms with van der Waals surface area (Å²) in [6, 6.07) is 33.8. The van der Waals surface area contributed by atoms with Crippen molar-refractivity contribution < 1.29 is 16.8 Å². The summed E-state index contributed by atoms with van der Waals surface area (Å²) in [6.45, 7) is 0. The first kappa shape index (κ1) is 18.7. The van der Waals surface area contributed by atoms with Crippen molar-refractivity contribution >= 4 is 64.8 Å². The largest absolute Gasteiger partial charge is 0.455 e. The van der Waals surface area contributed by atoms with E-state index in [0.29, 0.717) is 21.9 Å². The molecule has 0 N–H and O–H groups in total. The van der Waals surface area contributed by atoms with Crippen LogP contribution in [-0.2, 0) is 0 Å². The van der Waals surface area contributed by atoms with E-state index in [1.54, 1.807) is 0 Å². The van der Waals surface area contributed by atoms with Crippen molar-refractivity contribution in [1.29, 1.82) is 0 Å². The Balaban J connectivity index is 1.37. The molecule has 0 radical (unpaired) electrons. The highest BCUT2D eigenvalue weighted by Crippen LogP contribution is 2.48. The predicted octanol–water partition coefficient (Wildman–Crippen LogP) is 13.2. The van der Waals surface area contributed by atoms with Crippen molar-refractivity contribution in [3.63, 3.8) is 0 Å². The van der Waals surface area contributed by atoms with Crippen LogP contribution in [0, 0.1) is 0 Å². The number of fused-ring (bicyclic) bond motifs is 7. The molecular weight excluding hydrogens is 569 g/mol. The van der Waals surface area contributed by atoms with Gasteiger partial charge in [0.25, 0.3) is 0 Å². The van der Waals surface area contributed by atoms with Gasteiger partial charge in [-0.05, 0) is 77.1 Å². The molecule has 0 spiro atoms. The van der Waals surface area contributed by atoms with Crippen LogP contribution in [0.2, 0.25) is 0 Å². The molecule has 0 bridgehead atoms. The Hall–Kier alpha value is -6.18. The number of para-hydroxylation sites is 1. The number of hydrogen-bond acceptors (Lipinski definition) is 1. The second-order valence-corrected chi connectivity index (χ2v) is 11.7. The van der Waals surface area contributed by atoms with Gasteiger partial charge in [-0.3, -0.25) is 0 Å². The lowest BCUT2D eigenvalue weighted by molar-refractivity contribution is 0.633. The average molecular weight is 606 g/mol. The summed E-state index contributed by atoms with van der Waals surface area (Å²) >= 11 is 0. The second-order valence-electron chi connectivity index (χ2n) is 11.7. The van der Waals surface area contributed by atoms with Gasteiger partial charge in [-0.2, -0.15) is 0 Å². The quantitative estimate of drug-likeness (QED) is 0.144. The molecule has 0 fully saturated rings. The Morgan fingerprint density at radius 2 is 0.915 bits per heavy atom. The maximum atomic E-state index is 9.76. The third-order valence-electron chi connectivity index (χ3n) is 9.18. The molecular formula is C46H28O. The minimum absolute atomic E-state index is 0.0226. The Morgan fingerprint density at radius 1 is 0.383 bits per heavy atom.